The molecule has 2 aromatic rings. The molecule has 0 amide bonds. The number of benzene rings is 2. The zero-order chi connectivity index (χ0) is 15.1. The van der Waals surface area contributed by atoms with Gasteiger partial charge in [0.05, 0.1) is 0 Å². The van der Waals surface area contributed by atoms with E-state index in [4.69, 9.17) is 15.3 Å². The maximum absolute atomic E-state index is 13.0. The smallest absolute Gasteiger partial charge is 0.130 e. The van der Waals surface area contributed by atoms with E-state index in [0.717, 1.165) is 11.1 Å². The summed E-state index contributed by atoms with van der Waals surface area (Å²) >= 11 is 0. The lowest BCUT2D eigenvalue weighted by atomic mass is 10.1. The minimum Gasteiger partial charge on any atom is -0.489 e. The van der Waals surface area contributed by atoms with Crippen molar-refractivity contribution in [3.63, 3.8) is 0 Å². The largest absolute Gasteiger partial charge is 0.489 e. The Morgan fingerprint density at radius 1 is 1.10 bits per heavy atom. The standard InChI is InChI=1S/C17H11FN2O/c18-16-3-1-2-14(9-16)12-21-17-6-4-13(5-7-17)8-15(10-19)11-20/h1-9H,12H2. The summed E-state index contributed by atoms with van der Waals surface area (Å²) in [5, 5.41) is 17.4. The van der Waals surface area contributed by atoms with E-state index < -0.39 is 0 Å². The van der Waals surface area contributed by atoms with Gasteiger partial charge in [-0.2, -0.15) is 10.5 Å². The molecule has 0 saturated heterocycles. The number of hydrogen-bond acceptors (Lipinski definition) is 3. The lowest BCUT2D eigenvalue weighted by Crippen LogP contribution is -1.95. The molecule has 4 heteroatoms. The first-order valence-corrected chi connectivity index (χ1v) is 6.20. The number of halogens is 1. The van der Waals surface area contributed by atoms with E-state index in [1.165, 1.54) is 18.2 Å². The minimum atomic E-state index is -0.294. The topological polar surface area (TPSA) is 56.8 Å². The Balaban J connectivity index is 2.02. The van der Waals surface area contributed by atoms with Gasteiger partial charge in [-0.05, 0) is 41.5 Å². The molecule has 0 aliphatic carbocycles. The second-order valence-electron chi connectivity index (χ2n) is 4.27. The first-order chi connectivity index (χ1) is 10.2. The summed E-state index contributed by atoms with van der Waals surface area (Å²) in [6.45, 7) is 0.272. The molecule has 102 valence electrons. The van der Waals surface area contributed by atoms with Gasteiger partial charge in [-0.15, -0.1) is 0 Å². The monoisotopic (exact) mass is 278 g/mol. The molecular formula is C17H11FN2O. The summed E-state index contributed by atoms with van der Waals surface area (Å²) in [6, 6.07) is 16.8. The fourth-order valence-corrected chi connectivity index (χ4v) is 1.71. The summed E-state index contributed by atoms with van der Waals surface area (Å²) in [5.41, 5.74) is 1.53. The van der Waals surface area contributed by atoms with Gasteiger partial charge < -0.3 is 4.74 Å². The lowest BCUT2D eigenvalue weighted by Gasteiger charge is -2.06. The van der Waals surface area contributed by atoms with Gasteiger partial charge >= 0.3 is 0 Å². The van der Waals surface area contributed by atoms with Crippen molar-refractivity contribution >= 4 is 6.08 Å². The van der Waals surface area contributed by atoms with E-state index in [2.05, 4.69) is 0 Å². The predicted octanol–water partition coefficient (Wildman–Crippen LogP) is 3.84. The summed E-state index contributed by atoms with van der Waals surface area (Å²) < 4.78 is 18.6. The van der Waals surface area contributed by atoms with Crippen LogP contribution in [0.4, 0.5) is 4.39 Å². The quantitative estimate of drug-likeness (QED) is 0.798. The number of hydrogen-bond donors (Lipinski definition) is 0. The molecule has 0 saturated carbocycles. The highest BCUT2D eigenvalue weighted by molar-refractivity contribution is 5.62. The molecule has 0 bridgehead atoms. The van der Waals surface area contributed by atoms with Crippen LogP contribution in [0.1, 0.15) is 11.1 Å². The summed E-state index contributed by atoms with van der Waals surface area (Å²) in [6.07, 6.45) is 1.50. The molecule has 0 unspecified atom stereocenters. The summed E-state index contributed by atoms with van der Waals surface area (Å²) in [7, 11) is 0. The first-order valence-electron chi connectivity index (χ1n) is 6.20. The zero-order valence-electron chi connectivity index (χ0n) is 11.1. The predicted molar refractivity (Wildman–Crippen MR) is 76.4 cm³/mol. The molecule has 21 heavy (non-hydrogen) atoms. The Morgan fingerprint density at radius 2 is 1.81 bits per heavy atom. The third kappa shape index (κ3) is 4.19. The van der Waals surface area contributed by atoms with Gasteiger partial charge in [-0.25, -0.2) is 4.39 Å². The van der Waals surface area contributed by atoms with Crippen LogP contribution < -0.4 is 4.74 Å². The molecule has 0 aliphatic rings. The van der Waals surface area contributed by atoms with Crippen molar-refractivity contribution in [2.45, 2.75) is 6.61 Å². The molecule has 3 nitrogen and oxygen atoms in total. The zero-order valence-corrected chi connectivity index (χ0v) is 11.1. The van der Waals surface area contributed by atoms with E-state index >= 15 is 0 Å². The van der Waals surface area contributed by atoms with Crippen molar-refractivity contribution in [3.05, 3.63) is 71.0 Å². The molecule has 0 N–H and O–H groups in total. The van der Waals surface area contributed by atoms with Gasteiger partial charge in [0.25, 0.3) is 0 Å². The van der Waals surface area contributed by atoms with Gasteiger partial charge in [0.15, 0.2) is 0 Å². The van der Waals surface area contributed by atoms with Crippen molar-refractivity contribution < 1.29 is 9.13 Å². The Hall–Kier alpha value is -3.11. The van der Waals surface area contributed by atoms with Crippen LogP contribution in [-0.4, -0.2) is 0 Å². The van der Waals surface area contributed by atoms with Crippen LogP contribution in [0.15, 0.2) is 54.1 Å². The van der Waals surface area contributed by atoms with Crippen molar-refractivity contribution in [1.29, 1.82) is 10.5 Å². The Morgan fingerprint density at radius 3 is 2.43 bits per heavy atom. The third-order valence-corrected chi connectivity index (χ3v) is 2.73. The number of nitriles is 2. The van der Waals surface area contributed by atoms with Crippen LogP contribution in [0.25, 0.3) is 6.08 Å². The number of ether oxygens (including phenoxy) is 1. The first kappa shape index (κ1) is 14.3. The maximum atomic E-state index is 13.0. The normalized spacial score (nSPS) is 9.29. The molecule has 2 aromatic carbocycles. The van der Waals surface area contributed by atoms with Crippen LogP contribution in [0.5, 0.6) is 5.75 Å². The number of rotatable bonds is 4. The van der Waals surface area contributed by atoms with E-state index in [1.54, 1.807) is 48.5 Å². The molecule has 0 heterocycles. The van der Waals surface area contributed by atoms with Gasteiger partial charge in [0.1, 0.15) is 35.9 Å². The second kappa shape index (κ2) is 6.88. The number of allylic oxidation sites excluding steroid dienone is 1. The molecule has 0 spiro atoms. The van der Waals surface area contributed by atoms with Crippen LogP contribution in [0.3, 0.4) is 0 Å². The van der Waals surface area contributed by atoms with Crippen molar-refractivity contribution in [3.8, 4) is 17.9 Å². The maximum Gasteiger partial charge on any atom is 0.130 e. The van der Waals surface area contributed by atoms with Crippen LogP contribution in [-0.2, 0) is 6.61 Å². The highest BCUT2D eigenvalue weighted by atomic mass is 19.1. The molecular weight excluding hydrogens is 267 g/mol. The van der Waals surface area contributed by atoms with Gasteiger partial charge in [0.2, 0.25) is 0 Å². The van der Waals surface area contributed by atoms with Crippen molar-refractivity contribution in [1.82, 2.24) is 0 Å². The van der Waals surface area contributed by atoms with Gasteiger partial charge in [-0.3, -0.25) is 0 Å². The van der Waals surface area contributed by atoms with Crippen LogP contribution in [0.2, 0.25) is 0 Å². The fraction of sp³-hybridized carbons (Fsp3) is 0.0588. The SMILES string of the molecule is N#CC(C#N)=Cc1ccc(OCc2cccc(F)c2)cc1. The van der Waals surface area contributed by atoms with Gasteiger partial charge in [-0.1, -0.05) is 24.3 Å². The van der Waals surface area contributed by atoms with Crippen LogP contribution >= 0.6 is 0 Å². The van der Waals surface area contributed by atoms with E-state index in [1.807, 2.05) is 0 Å². The van der Waals surface area contributed by atoms with E-state index in [9.17, 15) is 4.39 Å². The van der Waals surface area contributed by atoms with Gasteiger partial charge in [0, 0.05) is 0 Å². The average molecular weight is 278 g/mol. The van der Waals surface area contributed by atoms with Crippen LogP contribution in [0, 0.1) is 28.5 Å². The lowest BCUT2D eigenvalue weighted by molar-refractivity contribution is 0.305. The Kier molecular flexibility index (Phi) is 4.69. The third-order valence-electron chi connectivity index (χ3n) is 2.73. The summed E-state index contributed by atoms with van der Waals surface area (Å²) in [4.78, 5) is 0. The Bertz CT molecular complexity index is 721. The second-order valence-corrected chi connectivity index (χ2v) is 4.27. The average Bonchev–Trinajstić information content (AvgIpc) is 2.52. The highest BCUT2D eigenvalue weighted by Crippen LogP contribution is 2.16. The van der Waals surface area contributed by atoms with Crippen molar-refractivity contribution in [2.75, 3.05) is 0 Å². The Labute approximate surface area is 122 Å². The molecule has 0 aliphatic heterocycles. The van der Waals surface area contributed by atoms with E-state index in [0.29, 0.717) is 5.75 Å². The molecule has 0 aromatic heterocycles. The number of nitrogens with zero attached hydrogens (tertiary/aromatic N) is 2. The fourth-order valence-electron chi connectivity index (χ4n) is 1.71. The van der Waals surface area contributed by atoms with E-state index in [-0.39, 0.29) is 18.0 Å². The minimum absolute atomic E-state index is 0.0448. The molecule has 2 rings (SSSR count). The molecule has 0 atom stereocenters. The van der Waals surface area contributed by atoms with Crippen molar-refractivity contribution in [2.24, 2.45) is 0 Å². The highest BCUT2D eigenvalue weighted by Gasteiger charge is 1.99. The molecule has 0 radical (unpaired) electrons. The summed E-state index contributed by atoms with van der Waals surface area (Å²) in [5.74, 6) is 0.337. The molecule has 0 fully saturated rings.